The topological polar surface area (TPSA) is 41.6 Å². The van der Waals surface area contributed by atoms with E-state index in [0.717, 1.165) is 30.2 Å². The SMILES string of the molecule is CCCCCCCCN(CCCCCCCC)c1cc(NC(=O)CC)ccc1OC. The molecule has 0 saturated carbocycles. The van der Waals surface area contributed by atoms with E-state index in [-0.39, 0.29) is 5.91 Å². The van der Waals surface area contributed by atoms with Crippen LogP contribution in [0.3, 0.4) is 0 Å². The van der Waals surface area contributed by atoms with E-state index in [1.807, 2.05) is 19.1 Å². The van der Waals surface area contributed by atoms with Gasteiger partial charge in [0.05, 0.1) is 12.8 Å². The lowest BCUT2D eigenvalue weighted by molar-refractivity contribution is -0.115. The predicted molar refractivity (Wildman–Crippen MR) is 131 cm³/mol. The van der Waals surface area contributed by atoms with Gasteiger partial charge in [0.15, 0.2) is 0 Å². The van der Waals surface area contributed by atoms with Gasteiger partial charge in [-0.05, 0) is 31.0 Å². The highest BCUT2D eigenvalue weighted by atomic mass is 16.5. The maximum absolute atomic E-state index is 11.9. The van der Waals surface area contributed by atoms with Gasteiger partial charge >= 0.3 is 0 Å². The van der Waals surface area contributed by atoms with Crippen molar-refractivity contribution in [3.63, 3.8) is 0 Å². The van der Waals surface area contributed by atoms with Gasteiger partial charge < -0.3 is 15.0 Å². The molecule has 0 saturated heterocycles. The number of ether oxygens (including phenoxy) is 1. The smallest absolute Gasteiger partial charge is 0.224 e. The maximum atomic E-state index is 11.9. The highest BCUT2D eigenvalue weighted by Crippen LogP contribution is 2.32. The third-order valence-electron chi connectivity index (χ3n) is 5.69. The molecular weight excluding hydrogens is 372 g/mol. The van der Waals surface area contributed by atoms with E-state index >= 15 is 0 Å². The molecule has 30 heavy (non-hydrogen) atoms. The summed E-state index contributed by atoms with van der Waals surface area (Å²) in [5, 5.41) is 3.00. The first kappa shape index (κ1) is 26.3. The lowest BCUT2D eigenvalue weighted by atomic mass is 10.1. The number of methoxy groups -OCH3 is 1. The second kappa shape index (κ2) is 17.0. The molecule has 0 radical (unpaired) electrons. The monoisotopic (exact) mass is 418 g/mol. The summed E-state index contributed by atoms with van der Waals surface area (Å²) in [6, 6.07) is 6.00. The van der Waals surface area contributed by atoms with Crippen LogP contribution < -0.4 is 15.0 Å². The summed E-state index contributed by atoms with van der Waals surface area (Å²) in [5.74, 6) is 0.936. The zero-order valence-electron chi connectivity index (χ0n) is 20.1. The Morgan fingerprint density at radius 3 is 1.87 bits per heavy atom. The molecule has 4 heteroatoms. The Morgan fingerprint density at radius 1 is 0.833 bits per heavy atom. The highest BCUT2D eigenvalue weighted by Gasteiger charge is 2.14. The molecule has 0 heterocycles. The summed E-state index contributed by atoms with van der Waals surface area (Å²) in [6.45, 7) is 8.49. The van der Waals surface area contributed by atoms with Crippen molar-refractivity contribution in [2.24, 2.45) is 0 Å². The molecular formula is C26H46N2O2. The van der Waals surface area contributed by atoms with Crippen LogP contribution in [0.15, 0.2) is 18.2 Å². The molecule has 0 spiro atoms. The third-order valence-corrected chi connectivity index (χ3v) is 5.69. The summed E-state index contributed by atoms with van der Waals surface area (Å²) in [7, 11) is 1.73. The highest BCUT2D eigenvalue weighted by molar-refractivity contribution is 5.91. The number of hydrogen-bond donors (Lipinski definition) is 1. The molecule has 1 aromatic carbocycles. The van der Waals surface area contributed by atoms with Crippen LogP contribution in [0.25, 0.3) is 0 Å². The van der Waals surface area contributed by atoms with E-state index in [9.17, 15) is 4.79 Å². The summed E-state index contributed by atoms with van der Waals surface area (Å²) in [4.78, 5) is 14.3. The molecule has 0 atom stereocenters. The second-order valence-electron chi connectivity index (χ2n) is 8.31. The zero-order chi connectivity index (χ0) is 22.0. The average molecular weight is 419 g/mol. The molecule has 0 aliphatic heterocycles. The van der Waals surface area contributed by atoms with Crippen LogP contribution in [0.1, 0.15) is 104 Å². The van der Waals surface area contributed by atoms with E-state index < -0.39 is 0 Å². The van der Waals surface area contributed by atoms with E-state index in [4.69, 9.17) is 4.74 Å². The molecule has 1 N–H and O–H groups in total. The van der Waals surface area contributed by atoms with Gasteiger partial charge in [0.1, 0.15) is 5.75 Å². The number of unbranched alkanes of at least 4 members (excludes halogenated alkanes) is 10. The molecule has 1 aromatic rings. The summed E-state index contributed by atoms with van der Waals surface area (Å²) in [5.41, 5.74) is 1.96. The largest absolute Gasteiger partial charge is 0.495 e. The van der Waals surface area contributed by atoms with Crippen molar-refractivity contribution in [3.8, 4) is 5.75 Å². The van der Waals surface area contributed by atoms with Crippen LogP contribution in [0.4, 0.5) is 11.4 Å². The van der Waals surface area contributed by atoms with Gasteiger partial charge in [0, 0.05) is 25.2 Å². The minimum atomic E-state index is 0.0458. The Kier molecular flexibility index (Phi) is 14.9. The molecule has 1 rings (SSSR count). The predicted octanol–water partition coefficient (Wildman–Crippen LogP) is 7.57. The van der Waals surface area contributed by atoms with Crippen molar-refractivity contribution in [1.29, 1.82) is 0 Å². The van der Waals surface area contributed by atoms with Crippen molar-refractivity contribution >= 4 is 17.3 Å². The van der Waals surface area contributed by atoms with Crippen LogP contribution >= 0.6 is 0 Å². The van der Waals surface area contributed by atoms with Gasteiger partial charge in [0.25, 0.3) is 0 Å². The average Bonchev–Trinajstić information content (AvgIpc) is 2.76. The molecule has 1 amide bonds. The molecule has 0 aromatic heterocycles. The fraction of sp³-hybridized carbons (Fsp3) is 0.731. The fourth-order valence-electron chi connectivity index (χ4n) is 3.78. The number of anilines is 2. The van der Waals surface area contributed by atoms with Gasteiger partial charge in [-0.1, -0.05) is 85.0 Å². The lowest BCUT2D eigenvalue weighted by Crippen LogP contribution is -2.26. The van der Waals surface area contributed by atoms with E-state index in [1.165, 1.54) is 77.0 Å². The van der Waals surface area contributed by atoms with Crippen molar-refractivity contribution in [3.05, 3.63) is 18.2 Å². The Bertz CT molecular complexity index is 558. The van der Waals surface area contributed by atoms with E-state index in [0.29, 0.717) is 6.42 Å². The van der Waals surface area contributed by atoms with Crippen LogP contribution in [-0.2, 0) is 4.79 Å². The first-order valence-electron chi connectivity index (χ1n) is 12.4. The fourth-order valence-corrected chi connectivity index (χ4v) is 3.78. The van der Waals surface area contributed by atoms with Gasteiger partial charge in [-0.25, -0.2) is 0 Å². The second-order valence-corrected chi connectivity index (χ2v) is 8.31. The Morgan fingerprint density at radius 2 is 1.37 bits per heavy atom. The quantitative estimate of drug-likeness (QED) is 0.250. The Hall–Kier alpha value is -1.71. The number of hydrogen-bond acceptors (Lipinski definition) is 3. The number of amides is 1. The minimum absolute atomic E-state index is 0.0458. The zero-order valence-corrected chi connectivity index (χ0v) is 20.1. The number of rotatable bonds is 18. The minimum Gasteiger partial charge on any atom is -0.495 e. The van der Waals surface area contributed by atoms with Crippen molar-refractivity contribution in [1.82, 2.24) is 0 Å². The molecule has 172 valence electrons. The molecule has 0 aliphatic carbocycles. The Labute approximate surface area is 185 Å². The number of benzene rings is 1. The van der Waals surface area contributed by atoms with Crippen LogP contribution in [-0.4, -0.2) is 26.1 Å². The van der Waals surface area contributed by atoms with Crippen LogP contribution in [0.2, 0.25) is 0 Å². The summed E-state index contributed by atoms with van der Waals surface area (Å²) >= 11 is 0. The lowest BCUT2D eigenvalue weighted by Gasteiger charge is -2.27. The third kappa shape index (κ3) is 10.9. The molecule has 0 bridgehead atoms. The standard InChI is InChI=1S/C26H46N2O2/c1-5-8-10-12-14-16-20-28(21-17-15-13-11-9-6-2)24-22-23(27-26(29)7-3)18-19-25(24)30-4/h18-19,22H,5-17,20-21H2,1-4H3,(H,27,29). The van der Waals surface area contributed by atoms with Gasteiger partial charge in [-0.2, -0.15) is 0 Å². The summed E-state index contributed by atoms with van der Waals surface area (Å²) in [6.07, 6.45) is 16.0. The number of nitrogens with zero attached hydrogens (tertiary/aromatic N) is 1. The molecule has 0 unspecified atom stereocenters. The van der Waals surface area contributed by atoms with E-state index in [1.54, 1.807) is 7.11 Å². The Balaban J connectivity index is 2.78. The van der Waals surface area contributed by atoms with Crippen molar-refractivity contribution < 1.29 is 9.53 Å². The van der Waals surface area contributed by atoms with Crippen molar-refractivity contribution in [2.75, 3.05) is 30.4 Å². The van der Waals surface area contributed by atoms with Crippen molar-refractivity contribution in [2.45, 2.75) is 104 Å². The molecule has 0 aliphatic rings. The van der Waals surface area contributed by atoms with Gasteiger partial charge in [-0.3, -0.25) is 4.79 Å². The molecule has 0 fully saturated rings. The molecule has 4 nitrogen and oxygen atoms in total. The van der Waals surface area contributed by atoms with Gasteiger partial charge in [-0.15, -0.1) is 0 Å². The first-order valence-corrected chi connectivity index (χ1v) is 12.4. The number of nitrogens with one attached hydrogen (secondary N) is 1. The van der Waals surface area contributed by atoms with Gasteiger partial charge in [0.2, 0.25) is 5.91 Å². The van der Waals surface area contributed by atoms with Crippen LogP contribution in [0, 0.1) is 0 Å². The summed E-state index contributed by atoms with van der Waals surface area (Å²) < 4.78 is 5.68. The number of carbonyl (C=O) groups excluding carboxylic acids is 1. The normalized spacial score (nSPS) is 10.8. The van der Waals surface area contributed by atoms with Crippen LogP contribution in [0.5, 0.6) is 5.75 Å². The van der Waals surface area contributed by atoms with E-state index in [2.05, 4.69) is 30.1 Å². The number of carbonyl (C=O) groups is 1. The first-order chi connectivity index (χ1) is 14.7. The maximum Gasteiger partial charge on any atom is 0.224 e.